The average molecular weight is 418 g/mol. The van der Waals surface area contributed by atoms with Crippen LogP contribution in [-0.4, -0.2) is 87.6 Å². The van der Waals surface area contributed by atoms with E-state index in [-0.39, 0.29) is 28.8 Å². The quantitative estimate of drug-likeness (QED) is 0.560. The van der Waals surface area contributed by atoms with E-state index in [0.717, 1.165) is 6.42 Å². The third kappa shape index (κ3) is 2.74. The van der Waals surface area contributed by atoms with E-state index in [2.05, 4.69) is 0 Å². The highest BCUT2D eigenvalue weighted by molar-refractivity contribution is 8.04. The predicted octanol–water partition coefficient (Wildman–Crippen LogP) is -0.492. The Balaban J connectivity index is 1.47. The minimum Gasteiger partial charge on any atom is -0.477 e. The number of hydrogen-bond acceptors (Lipinski definition) is 6. The average Bonchev–Trinajstić information content (AvgIpc) is 2.69. The molecule has 150 valence electrons. The van der Waals surface area contributed by atoms with Crippen molar-refractivity contribution >= 4 is 33.8 Å². The summed E-state index contributed by atoms with van der Waals surface area (Å²) in [4.78, 5) is 26.0. The second-order valence-electron chi connectivity index (χ2n) is 7.59. The van der Waals surface area contributed by atoms with Gasteiger partial charge >= 0.3 is 5.97 Å². The van der Waals surface area contributed by atoms with E-state index in [9.17, 15) is 28.2 Å². The van der Waals surface area contributed by atoms with Gasteiger partial charge in [0.15, 0.2) is 0 Å². The van der Waals surface area contributed by atoms with Crippen LogP contribution < -0.4 is 0 Å². The van der Waals surface area contributed by atoms with E-state index >= 15 is 0 Å². The van der Waals surface area contributed by atoms with Gasteiger partial charge in [-0.05, 0) is 13.3 Å². The summed E-state index contributed by atoms with van der Waals surface area (Å²) in [5, 5.41) is 19.5. The minimum atomic E-state index is -3.39. The van der Waals surface area contributed by atoms with Crippen LogP contribution in [0, 0.1) is 11.8 Å². The zero-order chi connectivity index (χ0) is 19.7. The van der Waals surface area contributed by atoms with Crippen molar-refractivity contribution in [3.63, 3.8) is 0 Å². The van der Waals surface area contributed by atoms with E-state index in [0.29, 0.717) is 31.1 Å². The number of hydrogen-bond donors (Lipinski definition) is 2. The first kappa shape index (κ1) is 19.2. The normalized spacial score (nSPS) is 33.4. The number of fused-ring (bicyclic) bond motifs is 1. The Morgan fingerprint density at radius 1 is 1.26 bits per heavy atom. The van der Waals surface area contributed by atoms with Gasteiger partial charge in [-0.15, -0.1) is 11.8 Å². The smallest absolute Gasteiger partial charge is 0.353 e. The molecule has 3 saturated heterocycles. The SMILES string of the molecule is C[C@@H](O)[C@H]1C(=O)N2C(C(=O)O)=C(SC3CN(S(=O)(=O)N4CCC4)C3)[C@H](C)[C@H]12. The number of carboxylic acid groups (broad SMARTS) is 1. The molecule has 4 heterocycles. The second kappa shape index (κ2) is 6.45. The molecular formula is C16H23N3O6S2. The molecule has 0 radical (unpaired) electrons. The molecule has 4 aliphatic heterocycles. The fraction of sp³-hybridized carbons (Fsp3) is 0.750. The van der Waals surface area contributed by atoms with Gasteiger partial charge in [-0.2, -0.15) is 17.0 Å². The largest absolute Gasteiger partial charge is 0.477 e. The summed E-state index contributed by atoms with van der Waals surface area (Å²) in [6, 6.07) is -0.341. The molecule has 1 amide bonds. The molecule has 0 bridgehead atoms. The van der Waals surface area contributed by atoms with Gasteiger partial charge < -0.3 is 15.1 Å². The molecule has 0 aromatic heterocycles. The maximum atomic E-state index is 12.3. The zero-order valence-electron chi connectivity index (χ0n) is 15.1. The summed E-state index contributed by atoms with van der Waals surface area (Å²) in [5.74, 6) is -2.30. The third-order valence-electron chi connectivity index (χ3n) is 5.89. The van der Waals surface area contributed by atoms with Gasteiger partial charge in [-0.3, -0.25) is 4.79 Å². The van der Waals surface area contributed by atoms with Crippen LogP contribution in [-0.2, 0) is 19.8 Å². The monoisotopic (exact) mass is 417 g/mol. The Morgan fingerprint density at radius 2 is 1.89 bits per heavy atom. The van der Waals surface area contributed by atoms with Gasteiger partial charge in [-0.1, -0.05) is 6.92 Å². The molecule has 27 heavy (non-hydrogen) atoms. The first-order valence-electron chi connectivity index (χ1n) is 9.05. The first-order valence-corrected chi connectivity index (χ1v) is 11.3. The Morgan fingerprint density at radius 3 is 2.37 bits per heavy atom. The molecule has 9 nitrogen and oxygen atoms in total. The van der Waals surface area contributed by atoms with Crippen molar-refractivity contribution < 1.29 is 28.2 Å². The molecule has 0 aliphatic carbocycles. The van der Waals surface area contributed by atoms with Crippen LogP contribution in [0.4, 0.5) is 0 Å². The lowest BCUT2D eigenvalue weighted by Crippen LogP contribution is -2.63. The highest BCUT2D eigenvalue weighted by Gasteiger charge is 2.60. The van der Waals surface area contributed by atoms with Crippen LogP contribution in [0.5, 0.6) is 0 Å². The topological polar surface area (TPSA) is 118 Å². The molecule has 0 aromatic rings. The number of amides is 1. The van der Waals surface area contributed by atoms with Crippen LogP contribution in [0.1, 0.15) is 20.3 Å². The molecule has 0 aromatic carbocycles. The van der Waals surface area contributed by atoms with Crippen molar-refractivity contribution in [2.45, 2.75) is 37.7 Å². The van der Waals surface area contributed by atoms with Crippen molar-refractivity contribution in [2.24, 2.45) is 11.8 Å². The summed E-state index contributed by atoms with van der Waals surface area (Å²) in [6.45, 7) is 5.20. The van der Waals surface area contributed by atoms with E-state index in [1.54, 1.807) is 6.92 Å². The van der Waals surface area contributed by atoms with E-state index in [1.165, 1.54) is 25.3 Å². The van der Waals surface area contributed by atoms with Crippen LogP contribution in [0.3, 0.4) is 0 Å². The molecule has 2 N–H and O–H groups in total. The highest BCUT2D eigenvalue weighted by atomic mass is 32.2. The summed E-state index contributed by atoms with van der Waals surface area (Å²) >= 11 is 1.36. The van der Waals surface area contributed by atoms with Crippen molar-refractivity contribution in [1.29, 1.82) is 0 Å². The minimum absolute atomic E-state index is 0.0107. The number of thioether (sulfide) groups is 1. The van der Waals surface area contributed by atoms with Crippen molar-refractivity contribution in [2.75, 3.05) is 26.2 Å². The molecule has 0 spiro atoms. The van der Waals surface area contributed by atoms with Crippen LogP contribution in [0.2, 0.25) is 0 Å². The van der Waals surface area contributed by atoms with Gasteiger partial charge in [0.25, 0.3) is 10.2 Å². The van der Waals surface area contributed by atoms with Gasteiger partial charge in [0.05, 0.1) is 18.1 Å². The van der Waals surface area contributed by atoms with E-state index < -0.39 is 28.2 Å². The van der Waals surface area contributed by atoms with Gasteiger partial charge in [0, 0.05) is 42.3 Å². The van der Waals surface area contributed by atoms with Gasteiger partial charge in [-0.25, -0.2) is 4.79 Å². The summed E-state index contributed by atoms with van der Waals surface area (Å²) in [7, 11) is -3.39. The molecule has 0 unspecified atom stereocenters. The molecule has 4 rings (SSSR count). The van der Waals surface area contributed by atoms with Crippen molar-refractivity contribution in [3.8, 4) is 0 Å². The highest BCUT2D eigenvalue weighted by Crippen LogP contribution is 2.52. The second-order valence-corrected chi connectivity index (χ2v) is 10.9. The van der Waals surface area contributed by atoms with Gasteiger partial charge in [0.1, 0.15) is 5.70 Å². The lowest BCUT2D eigenvalue weighted by Gasteiger charge is -2.46. The van der Waals surface area contributed by atoms with E-state index in [1.807, 2.05) is 6.92 Å². The summed E-state index contributed by atoms with van der Waals surface area (Å²) < 4.78 is 27.6. The number of carbonyl (C=O) groups excluding carboxylic acids is 1. The number of aliphatic hydroxyl groups is 1. The lowest BCUT2D eigenvalue weighted by atomic mass is 9.79. The third-order valence-corrected chi connectivity index (χ3v) is 9.31. The number of aliphatic carboxylic acids is 1. The predicted molar refractivity (Wildman–Crippen MR) is 97.7 cm³/mol. The maximum Gasteiger partial charge on any atom is 0.353 e. The first-order chi connectivity index (χ1) is 12.6. The molecule has 4 atom stereocenters. The molecule has 11 heteroatoms. The van der Waals surface area contributed by atoms with Crippen LogP contribution >= 0.6 is 11.8 Å². The fourth-order valence-electron chi connectivity index (χ4n) is 4.20. The molecule has 0 saturated carbocycles. The Kier molecular flexibility index (Phi) is 4.58. The van der Waals surface area contributed by atoms with Crippen molar-refractivity contribution in [1.82, 2.24) is 13.5 Å². The zero-order valence-corrected chi connectivity index (χ0v) is 16.7. The number of rotatable bonds is 6. The standard InChI is InChI=1S/C16H23N3O6S2/c1-8-12-11(9(2)20)15(21)19(12)13(16(22)23)14(8)26-10-6-18(7-10)27(24,25)17-4-3-5-17/h8-12,20H,3-7H2,1-2H3,(H,22,23)/t8-,9-,11-,12-/m1/s1. The van der Waals surface area contributed by atoms with Crippen LogP contribution in [0.25, 0.3) is 0 Å². The van der Waals surface area contributed by atoms with E-state index in [4.69, 9.17) is 0 Å². The summed E-state index contributed by atoms with van der Waals surface area (Å²) in [6.07, 6.45) is 0.0503. The Hall–Kier alpha value is -1.14. The number of aliphatic hydroxyl groups excluding tert-OH is 1. The Bertz CT molecular complexity index is 816. The summed E-state index contributed by atoms with van der Waals surface area (Å²) in [5.41, 5.74) is -0.0107. The van der Waals surface area contributed by atoms with Crippen LogP contribution in [0.15, 0.2) is 10.6 Å². The molecular weight excluding hydrogens is 394 g/mol. The number of nitrogens with zero attached hydrogens (tertiary/aromatic N) is 3. The fourth-order valence-corrected chi connectivity index (χ4v) is 7.69. The number of carboxylic acids is 1. The van der Waals surface area contributed by atoms with Crippen molar-refractivity contribution in [3.05, 3.63) is 10.6 Å². The maximum absolute atomic E-state index is 12.3. The van der Waals surface area contributed by atoms with Gasteiger partial charge in [0.2, 0.25) is 5.91 Å². The molecule has 3 fully saturated rings. The Labute approximate surface area is 162 Å². The number of β-lactam (4-membered cyclic amide) rings is 1. The molecule has 4 aliphatic rings. The lowest BCUT2D eigenvalue weighted by molar-refractivity contribution is -0.163. The number of carbonyl (C=O) groups is 2.